The molecule has 1 fully saturated rings. The molecule has 0 spiro atoms. The number of amides is 1. The van der Waals surface area contributed by atoms with Gasteiger partial charge in [0.15, 0.2) is 0 Å². The topological polar surface area (TPSA) is 41.6 Å². The van der Waals surface area contributed by atoms with Crippen LogP contribution in [0.3, 0.4) is 0 Å². The quantitative estimate of drug-likeness (QED) is 0.802. The molecule has 1 aromatic rings. The Bertz CT molecular complexity index is 510. The number of rotatable bonds is 8. The second-order valence-corrected chi connectivity index (χ2v) is 6.58. The third-order valence-electron chi connectivity index (χ3n) is 4.45. The van der Waals surface area contributed by atoms with Crippen LogP contribution in [-0.4, -0.2) is 44.7 Å². The van der Waals surface area contributed by atoms with Gasteiger partial charge in [0.1, 0.15) is 6.04 Å². The molecular weight excluding hydrogens is 276 g/mol. The van der Waals surface area contributed by atoms with E-state index in [2.05, 4.69) is 18.3 Å². The predicted octanol–water partition coefficient (Wildman–Crippen LogP) is 2.53. The van der Waals surface area contributed by atoms with E-state index in [1.165, 1.54) is 0 Å². The zero-order valence-electron chi connectivity index (χ0n) is 14.2. The summed E-state index contributed by atoms with van der Waals surface area (Å²) in [6.07, 6.45) is 2.29. The van der Waals surface area contributed by atoms with Crippen molar-refractivity contribution in [3.63, 3.8) is 0 Å². The molecule has 2 rings (SSSR count). The molecule has 22 heavy (non-hydrogen) atoms. The maximum Gasteiger partial charge on any atom is 0.241 e. The van der Waals surface area contributed by atoms with Crippen molar-refractivity contribution in [2.75, 3.05) is 33.9 Å². The van der Waals surface area contributed by atoms with Gasteiger partial charge in [-0.3, -0.25) is 9.69 Å². The lowest BCUT2D eigenvalue weighted by molar-refractivity contribution is -0.126. The van der Waals surface area contributed by atoms with Crippen molar-refractivity contribution in [2.24, 2.45) is 5.41 Å². The highest BCUT2D eigenvalue weighted by Crippen LogP contribution is 2.45. The number of hydrogen-bond acceptors (Lipinski definition) is 3. The molecule has 1 aliphatic carbocycles. The van der Waals surface area contributed by atoms with Gasteiger partial charge in [-0.15, -0.1) is 0 Å². The molecule has 0 bridgehead atoms. The van der Waals surface area contributed by atoms with Gasteiger partial charge >= 0.3 is 0 Å². The van der Waals surface area contributed by atoms with Crippen LogP contribution >= 0.6 is 0 Å². The Morgan fingerprint density at radius 3 is 2.59 bits per heavy atom. The van der Waals surface area contributed by atoms with E-state index >= 15 is 0 Å². The number of hydrogen-bond donors (Lipinski definition) is 1. The fourth-order valence-corrected chi connectivity index (χ4v) is 2.79. The molecule has 1 saturated carbocycles. The number of benzene rings is 1. The molecular formula is C18H28N2O2. The van der Waals surface area contributed by atoms with Crippen LogP contribution in [0.5, 0.6) is 0 Å². The first-order chi connectivity index (χ1) is 10.5. The Hall–Kier alpha value is -1.39. The van der Waals surface area contributed by atoms with Crippen molar-refractivity contribution in [1.82, 2.24) is 10.2 Å². The molecule has 0 aromatic heterocycles. The van der Waals surface area contributed by atoms with Gasteiger partial charge < -0.3 is 10.1 Å². The number of carbonyl (C=O) groups is 1. The first kappa shape index (κ1) is 17.0. The average molecular weight is 304 g/mol. The largest absolute Gasteiger partial charge is 0.381 e. The lowest BCUT2D eigenvalue weighted by atomic mass is 9.99. The zero-order valence-corrected chi connectivity index (χ0v) is 14.2. The van der Waals surface area contributed by atoms with Gasteiger partial charge in [-0.25, -0.2) is 0 Å². The molecule has 1 amide bonds. The predicted molar refractivity (Wildman–Crippen MR) is 88.8 cm³/mol. The number of nitrogens with one attached hydrogen (secondary N) is 1. The standard InChI is InChI=1S/C18H28N2O2/c1-5-22-13-18(10-11-18)12-19-17(21)16(20(3)4)15-9-7-6-8-14(15)2/h6-9,16H,5,10-13H2,1-4H3,(H,19,21)/t16-/m1/s1. The molecule has 1 aromatic carbocycles. The van der Waals surface area contributed by atoms with Crippen molar-refractivity contribution >= 4 is 5.91 Å². The van der Waals surface area contributed by atoms with Crippen LogP contribution in [0.2, 0.25) is 0 Å². The molecule has 0 aliphatic heterocycles. The number of nitrogens with zero attached hydrogens (tertiary/aromatic N) is 1. The number of likely N-dealkylation sites (N-methyl/N-ethyl adjacent to an activating group) is 1. The van der Waals surface area contributed by atoms with E-state index in [4.69, 9.17) is 4.74 Å². The highest BCUT2D eigenvalue weighted by Gasteiger charge is 2.43. The second kappa shape index (κ2) is 7.25. The fraction of sp³-hybridized carbons (Fsp3) is 0.611. The number of carbonyl (C=O) groups excluding carboxylic acids is 1. The van der Waals surface area contributed by atoms with Gasteiger partial charge in [0, 0.05) is 18.6 Å². The van der Waals surface area contributed by atoms with Crippen LogP contribution in [0.25, 0.3) is 0 Å². The van der Waals surface area contributed by atoms with Crippen LogP contribution in [0.1, 0.15) is 36.9 Å². The molecule has 1 aliphatic rings. The lowest BCUT2D eigenvalue weighted by Gasteiger charge is -2.26. The van der Waals surface area contributed by atoms with E-state index in [0.29, 0.717) is 6.54 Å². The maximum absolute atomic E-state index is 12.7. The van der Waals surface area contributed by atoms with Crippen molar-refractivity contribution < 1.29 is 9.53 Å². The fourth-order valence-electron chi connectivity index (χ4n) is 2.79. The SMILES string of the molecule is CCOCC1(CNC(=O)[C@@H](c2ccccc2C)N(C)C)CC1. The van der Waals surface area contributed by atoms with Gasteiger partial charge in [0.25, 0.3) is 0 Å². The summed E-state index contributed by atoms with van der Waals surface area (Å²) in [6.45, 7) is 6.26. The first-order valence-corrected chi connectivity index (χ1v) is 8.06. The normalized spacial score (nSPS) is 17.3. The molecule has 0 radical (unpaired) electrons. The summed E-state index contributed by atoms with van der Waals surface area (Å²) in [5.74, 6) is 0.0714. The minimum absolute atomic E-state index is 0.0714. The Balaban J connectivity index is 2.01. The van der Waals surface area contributed by atoms with Crippen LogP contribution in [0, 0.1) is 12.3 Å². The highest BCUT2D eigenvalue weighted by atomic mass is 16.5. The van der Waals surface area contributed by atoms with E-state index in [0.717, 1.165) is 37.2 Å². The van der Waals surface area contributed by atoms with E-state index < -0.39 is 0 Å². The Labute approximate surface area is 133 Å². The van der Waals surface area contributed by atoms with E-state index in [1.54, 1.807) is 0 Å². The third kappa shape index (κ3) is 4.08. The minimum atomic E-state index is -0.246. The number of aryl methyl sites for hydroxylation is 1. The summed E-state index contributed by atoms with van der Waals surface area (Å²) >= 11 is 0. The Kier molecular flexibility index (Phi) is 5.59. The van der Waals surface area contributed by atoms with Gasteiger partial charge in [-0.1, -0.05) is 24.3 Å². The maximum atomic E-state index is 12.7. The summed E-state index contributed by atoms with van der Waals surface area (Å²) in [5, 5.41) is 3.14. The van der Waals surface area contributed by atoms with Crippen molar-refractivity contribution in [2.45, 2.75) is 32.7 Å². The van der Waals surface area contributed by atoms with Crippen LogP contribution < -0.4 is 5.32 Å². The van der Waals surface area contributed by atoms with Gasteiger partial charge in [0.2, 0.25) is 5.91 Å². The summed E-state index contributed by atoms with van der Waals surface area (Å²) in [7, 11) is 3.90. The molecule has 4 nitrogen and oxygen atoms in total. The molecule has 0 heterocycles. The Morgan fingerprint density at radius 2 is 2.05 bits per heavy atom. The van der Waals surface area contributed by atoms with Gasteiger partial charge in [-0.05, 0) is 51.9 Å². The van der Waals surface area contributed by atoms with Crippen LogP contribution in [0.4, 0.5) is 0 Å². The molecule has 0 unspecified atom stereocenters. The average Bonchev–Trinajstić information content (AvgIpc) is 3.25. The monoisotopic (exact) mass is 304 g/mol. The van der Waals surface area contributed by atoms with Crippen molar-refractivity contribution in [3.05, 3.63) is 35.4 Å². The van der Waals surface area contributed by atoms with Gasteiger partial charge in [0.05, 0.1) is 6.61 Å². The van der Waals surface area contributed by atoms with E-state index in [9.17, 15) is 4.79 Å². The van der Waals surface area contributed by atoms with E-state index in [-0.39, 0.29) is 17.4 Å². The van der Waals surface area contributed by atoms with E-state index in [1.807, 2.05) is 44.1 Å². The molecule has 0 saturated heterocycles. The minimum Gasteiger partial charge on any atom is -0.381 e. The molecule has 122 valence electrons. The molecule has 1 atom stereocenters. The highest BCUT2D eigenvalue weighted by molar-refractivity contribution is 5.83. The third-order valence-corrected chi connectivity index (χ3v) is 4.45. The Morgan fingerprint density at radius 1 is 1.36 bits per heavy atom. The molecule has 1 N–H and O–H groups in total. The smallest absolute Gasteiger partial charge is 0.241 e. The van der Waals surface area contributed by atoms with Crippen molar-refractivity contribution in [3.8, 4) is 0 Å². The zero-order chi connectivity index (χ0) is 16.2. The summed E-state index contributed by atoms with van der Waals surface area (Å²) in [5.41, 5.74) is 2.39. The van der Waals surface area contributed by atoms with Crippen molar-refractivity contribution in [1.29, 1.82) is 0 Å². The first-order valence-electron chi connectivity index (χ1n) is 8.06. The second-order valence-electron chi connectivity index (χ2n) is 6.58. The summed E-state index contributed by atoms with van der Waals surface area (Å²) < 4.78 is 5.54. The summed E-state index contributed by atoms with van der Waals surface area (Å²) in [6, 6.07) is 7.83. The number of ether oxygens (including phenoxy) is 1. The van der Waals surface area contributed by atoms with Crippen LogP contribution in [0.15, 0.2) is 24.3 Å². The van der Waals surface area contributed by atoms with Crippen LogP contribution in [-0.2, 0) is 9.53 Å². The van der Waals surface area contributed by atoms with Gasteiger partial charge in [-0.2, -0.15) is 0 Å². The molecule has 4 heteroatoms. The summed E-state index contributed by atoms with van der Waals surface area (Å²) in [4.78, 5) is 14.7. The lowest BCUT2D eigenvalue weighted by Crippen LogP contribution is -2.40.